The molecule has 1 aromatic heterocycles. The Bertz CT molecular complexity index is 739. The molecular formula is C21H32N6O. The minimum absolute atomic E-state index is 0.00298. The number of aromatic nitrogens is 4. The molecule has 2 aromatic rings. The van der Waals surface area contributed by atoms with Crippen molar-refractivity contribution in [2.24, 2.45) is 0 Å². The highest BCUT2D eigenvalue weighted by molar-refractivity contribution is 5.26. The van der Waals surface area contributed by atoms with Crippen molar-refractivity contribution in [2.75, 3.05) is 32.1 Å². The van der Waals surface area contributed by atoms with Crippen molar-refractivity contribution in [3.05, 3.63) is 35.9 Å². The molecule has 3 heterocycles. The number of tetrazole rings is 1. The number of ether oxygens (including phenoxy) is 1. The quantitative estimate of drug-likeness (QED) is 0.715. The smallest absolute Gasteiger partial charge is 0.240 e. The first-order valence-corrected chi connectivity index (χ1v) is 10.4. The number of benzene rings is 1. The number of nitrogens with one attached hydrogen (secondary N) is 2. The summed E-state index contributed by atoms with van der Waals surface area (Å²) in [6.45, 7) is 5.56. The summed E-state index contributed by atoms with van der Waals surface area (Å²) in [5, 5.41) is 17.0. The maximum Gasteiger partial charge on any atom is 0.240 e. The van der Waals surface area contributed by atoms with Gasteiger partial charge in [0.1, 0.15) is 0 Å². The summed E-state index contributed by atoms with van der Waals surface area (Å²) < 4.78 is 6.10. The van der Waals surface area contributed by atoms with Gasteiger partial charge >= 0.3 is 0 Å². The van der Waals surface area contributed by atoms with Crippen molar-refractivity contribution in [3.63, 3.8) is 0 Å². The highest BCUT2D eigenvalue weighted by atomic mass is 16.5. The summed E-state index contributed by atoms with van der Waals surface area (Å²) >= 11 is 0. The molecule has 7 nitrogen and oxygen atoms in total. The van der Waals surface area contributed by atoms with Crippen LogP contribution in [0.2, 0.25) is 0 Å². The van der Waals surface area contributed by atoms with E-state index in [0.29, 0.717) is 12.0 Å². The molecule has 0 radical (unpaired) electrons. The SMILES string of the molecule is COC1(CCCNc2nnn[nH]2)CCN2CC(C)(c3ccccc3)CCC2C1. The van der Waals surface area contributed by atoms with E-state index in [2.05, 4.69) is 68.1 Å². The standard InChI is InChI=1S/C21H32N6O/c1-20(17-7-4-3-5-8-17)11-9-18-15-21(28-2,12-14-27(18)16-20)10-6-13-22-19-23-25-26-24-19/h3-5,7-8,18H,6,9-16H2,1-2H3,(H2,22,23,24,25,26). The van der Waals surface area contributed by atoms with Gasteiger partial charge in [-0.2, -0.15) is 0 Å². The largest absolute Gasteiger partial charge is 0.378 e. The van der Waals surface area contributed by atoms with E-state index in [0.717, 1.165) is 45.3 Å². The van der Waals surface area contributed by atoms with Crippen molar-refractivity contribution in [1.29, 1.82) is 0 Å². The first kappa shape index (κ1) is 19.3. The van der Waals surface area contributed by atoms with Gasteiger partial charge < -0.3 is 10.1 Å². The molecule has 28 heavy (non-hydrogen) atoms. The number of piperidine rings is 2. The Labute approximate surface area is 167 Å². The molecule has 0 amide bonds. The van der Waals surface area contributed by atoms with E-state index in [4.69, 9.17) is 4.74 Å². The van der Waals surface area contributed by atoms with Gasteiger partial charge in [-0.15, -0.1) is 0 Å². The molecule has 3 atom stereocenters. The fourth-order valence-corrected chi connectivity index (χ4v) is 5.14. The summed E-state index contributed by atoms with van der Waals surface area (Å²) in [7, 11) is 1.89. The first-order valence-electron chi connectivity index (χ1n) is 10.4. The Morgan fingerprint density at radius 1 is 1.29 bits per heavy atom. The monoisotopic (exact) mass is 384 g/mol. The lowest BCUT2D eigenvalue weighted by Gasteiger charge is -2.52. The maximum atomic E-state index is 6.10. The molecule has 2 aliphatic heterocycles. The van der Waals surface area contributed by atoms with Gasteiger partial charge in [-0.05, 0) is 54.5 Å². The van der Waals surface area contributed by atoms with Crippen molar-refractivity contribution >= 4 is 5.95 Å². The topological polar surface area (TPSA) is 79.0 Å². The lowest BCUT2D eigenvalue weighted by atomic mass is 9.70. The number of fused-ring (bicyclic) bond motifs is 1. The number of methoxy groups -OCH3 is 1. The van der Waals surface area contributed by atoms with Crippen LogP contribution < -0.4 is 5.32 Å². The van der Waals surface area contributed by atoms with Gasteiger partial charge in [0.2, 0.25) is 5.95 Å². The zero-order valence-electron chi connectivity index (χ0n) is 17.0. The van der Waals surface area contributed by atoms with Crippen molar-refractivity contribution < 1.29 is 4.74 Å². The molecule has 1 aromatic carbocycles. The predicted molar refractivity (Wildman–Crippen MR) is 109 cm³/mol. The van der Waals surface area contributed by atoms with Gasteiger partial charge in [-0.1, -0.05) is 42.4 Å². The summed E-state index contributed by atoms with van der Waals surface area (Å²) in [5.74, 6) is 0.633. The normalized spacial score (nSPS) is 30.7. The Morgan fingerprint density at radius 3 is 2.89 bits per heavy atom. The zero-order chi connectivity index (χ0) is 19.5. The van der Waals surface area contributed by atoms with E-state index < -0.39 is 0 Å². The van der Waals surface area contributed by atoms with Crippen LogP contribution in [-0.4, -0.2) is 63.9 Å². The fourth-order valence-electron chi connectivity index (χ4n) is 5.14. The van der Waals surface area contributed by atoms with Crippen LogP contribution in [0.5, 0.6) is 0 Å². The molecule has 2 fully saturated rings. The Balaban J connectivity index is 1.32. The molecule has 0 spiro atoms. The summed E-state index contributed by atoms with van der Waals surface area (Å²) in [6.07, 6.45) is 6.85. The van der Waals surface area contributed by atoms with Crippen LogP contribution in [0.3, 0.4) is 0 Å². The number of nitrogens with zero attached hydrogens (tertiary/aromatic N) is 4. The minimum Gasteiger partial charge on any atom is -0.378 e. The van der Waals surface area contributed by atoms with E-state index in [1.807, 2.05) is 7.11 Å². The molecule has 0 bridgehead atoms. The van der Waals surface area contributed by atoms with E-state index in [1.165, 1.54) is 18.4 Å². The van der Waals surface area contributed by atoms with Gasteiger partial charge in [0, 0.05) is 38.2 Å². The number of rotatable bonds is 7. The second-order valence-corrected chi connectivity index (χ2v) is 8.71. The number of hydrogen-bond acceptors (Lipinski definition) is 6. The third kappa shape index (κ3) is 4.05. The van der Waals surface area contributed by atoms with E-state index in [1.54, 1.807) is 0 Å². The number of H-pyrrole nitrogens is 1. The molecular weight excluding hydrogens is 352 g/mol. The lowest BCUT2D eigenvalue weighted by Crippen LogP contribution is -2.57. The van der Waals surface area contributed by atoms with Gasteiger partial charge in [0.05, 0.1) is 5.60 Å². The van der Waals surface area contributed by atoms with Crippen LogP contribution >= 0.6 is 0 Å². The molecule has 0 aliphatic carbocycles. The van der Waals surface area contributed by atoms with E-state index >= 15 is 0 Å². The molecule has 3 unspecified atom stereocenters. The van der Waals surface area contributed by atoms with Crippen molar-refractivity contribution in [1.82, 2.24) is 25.5 Å². The Kier molecular flexibility index (Phi) is 5.64. The maximum absolute atomic E-state index is 6.10. The van der Waals surface area contributed by atoms with Crippen LogP contribution in [0.4, 0.5) is 5.95 Å². The van der Waals surface area contributed by atoms with Crippen LogP contribution in [0, 0.1) is 0 Å². The van der Waals surface area contributed by atoms with Gasteiger partial charge in [0.15, 0.2) is 0 Å². The second-order valence-electron chi connectivity index (χ2n) is 8.71. The third-order valence-electron chi connectivity index (χ3n) is 6.91. The predicted octanol–water partition coefficient (Wildman–Crippen LogP) is 2.99. The van der Waals surface area contributed by atoms with E-state index in [9.17, 15) is 0 Å². The van der Waals surface area contributed by atoms with Gasteiger partial charge in [-0.25, -0.2) is 5.10 Å². The summed E-state index contributed by atoms with van der Waals surface area (Å²) in [5.41, 5.74) is 1.74. The highest BCUT2D eigenvalue weighted by Gasteiger charge is 2.45. The third-order valence-corrected chi connectivity index (χ3v) is 6.91. The molecule has 2 saturated heterocycles. The average molecular weight is 385 g/mol. The van der Waals surface area contributed by atoms with E-state index in [-0.39, 0.29) is 11.0 Å². The van der Waals surface area contributed by atoms with Crippen molar-refractivity contribution in [2.45, 2.75) is 62.5 Å². The Morgan fingerprint density at radius 2 is 2.14 bits per heavy atom. The van der Waals surface area contributed by atoms with Gasteiger partial charge in [-0.3, -0.25) is 4.90 Å². The summed E-state index contributed by atoms with van der Waals surface area (Å²) in [4.78, 5) is 2.71. The zero-order valence-corrected chi connectivity index (χ0v) is 17.0. The van der Waals surface area contributed by atoms with Gasteiger partial charge in [0.25, 0.3) is 0 Å². The molecule has 4 rings (SSSR count). The second kappa shape index (κ2) is 8.17. The molecule has 2 aliphatic rings. The molecule has 2 N–H and O–H groups in total. The van der Waals surface area contributed by atoms with Crippen LogP contribution in [0.15, 0.2) is 30.3 Å². The lowest BCUT2D eigenvalue weighted by molar-refractivity contribution is -0.0960. The molecule has 152 valence electrons. The number of anilines is 1. The average Bonchev–Trinajstić information content (AvgIpc) is 3.26. The van der Waals surface area contributed by atoms with Crippen LogP contribution in [-0.2, 0) is 10.2 Å². The number of aromatic amines is 1. The van der Waals surface area contributed by atoms with Crippen LogP contribution in [0.1, 0.15) is 51.0 Å². The molecule has 7 heteroatoms. The minimum atomic E-state index is 0.00298. The first-order chi connectivity index (χ1) is 13.6. The fraction of sp³-hybridized carbons (Fsp3) is 0.667. The van der Waals surface area contributed by atoms with Crippen molar-refractivity contribution in [3.8, 4) is 0 Å². The Hall–Kier alpha value is -1.99. The molecule has 0 saturated carbocycles. The highest BCUT2D eigenvalue weighted by Crippen LogP contribution is 2.43. The summed E-state index contributed by atoms with van der Waals surface area (Å²) in [6, 6.07) is 11.7. The van der Waals surface area contributed by atoms with Crippen LogP contribution in [0.25, 0.3) is 0 Å². The number of hydrogen-bond donors (Lipinski definition) is 2.